The summed E-state index contributed by atoms with van der Waals surface area (Å²) in [7, 11) is 1.99. The van der Waals surface area contributed by atoms with E-state index in [1.54, 1.807) is 6.33 Å². The molecule has 0 amide bonds. The number of aromatic nitrogens is 5. The lowest BCUT2D eigenvalue weighted by atomic mass is 10.3. The normalized spacial score (nSPS) is 19.2. The Kier molecular flexibility index (Phi) is 4.98. The lowest BCUT2D eigenvalue weighted by Gasteiger charge is -2.35. The molecule has 2 aromatic heterocycles. The van der Waals surface area contributed by atoms with E-state index in [1.165, 1.54) is 0 Å². The molecule has 2 aliphatic rings. The lowest BCUT2D eigenvalue weighted by molar-refractivity contribution is 0.122. The molecule has 9 heteroatoms. The van der Waals surface area contributed by atoms with Crippen molar-refractivity contribution in [1.29, 1.82) is 0 Å². The van der Waals surface area contributed by atoms with Gasteiger partial charge in [0.2, 0.25) is 5.95 Å². The molecule has 2 saturated heterocycles. The first kappa shape index (κ1) is 17.2. The zero-order chi connectivity index (χ0) is 17.9. The summed E-state index contributed by atoms with van der Waals surface area (Å²) in [5.74, 6) is 2.85. The van der Waals surface area contributed by atoms with Crippen LogP contribution in [0.2, 0.25) is 0 Å². The molecule has 0 N–H and O–H groups in total. The molecule has 9 nitrogen and oxygen atoms in total. The van der Waals surface area contributed by atoms with Crippen molar-refractivity contribution in [2.45, 2.75) is 13.5 Å². The van der Waals surface area contributed by atoms with Gasteiger partial charge in [-0.25, -0.2) is 4.98 Å². The summed E-state index contributed by atoms with van der Waals surface area (Å²) in [6, 6.07) is 2.09. The Balaban J connectivity index is 1.40. The van der Waals surface area contributed by atoms with Crippen molar-refractivity contribution in [3.05, 3.63) is 23.9 Å². The number of anilines is 2. The molecule has 0 atom stereocenters. The van der Waals surface area contributed by atoms with Crippen LogP contribution in [0.5, 0.6) is 0 Å². The van der Waals surface area contributed by atoms with Crippen LogP contribution in [0.25, 0.3) is 0 Å². The highest BCUT2D eigenvalue weighted by Crippen LogP contribution is 2.20. The van der Waals surface area contributed by atoms with Crippen LogP contribution >= 0.6 is 0 Å². The van der Waals surface area contributed by atoms with Gasteiger partial charge in [-0.1, -0.05) is 0 Å². The molecule has 140 valence electrons. The summed E-state index contributed by atoms with van der Waals surface area (Å²) >= 11 is 0. The summed E-state index contributed by atoms with van der Waals surface area (Å²) in [5, 5.41) is 8.14. The summed E-state index contributed by atoms with van der Waals surface area (Å²) in [4.78, 5) is 16.4. The number of aryl methyl sites for hydroxylation is 2. The van der Waals surface area contributed by atoms with Gasteiger partial charge in [-0.05, 0) is 6.92 Å². The Hall–Kier alpha value is -2.26. The Bertz CT molecular complexity index is 734. The highest BCUT2D eigenvalue weighted by atomic mass is 16.5. The minimum absolute atomic E-state index is 0.743. The third-order valence-corrected chi connectivity index (χ3v) is 4.99. The van der Waals surface area contributed by atoms with E-state index in [-0.39, 0.29) is 0 Å². The Morgan fingerprint density at radius 3 is 2.46 bits per heavy atom. The van der Waals surface area contributed by atoms with E-state index in [1.807, 2.05) is 18.5 Å². The maximum absolute atomic E-state index is 5.44. The summed E-state index contributed by atoms with van der Waals surface area (Å²) < 4.78 is 7.42. The zero-order valence-electron chi connectivity index (χ0n) is 15.5. The van der Waals surface area contributed by atoms with Crippen LogP contribution in [-0.4, -0.2) is 82.1 Å². The maximum atomic E-state index is 5.44. The van der Waals surface area contributed by atoms with Gasteiger partial charge in [0, 0.05) is 58.1 Å². The molecule has 4 rings (SSSR count). The van der Waals surface area contributed by atoms with E-state index in [4.69, 9.17) is 9.72 Å². The van der Waals surface area contributed by atoms with Gasteiger partial charge in [-0.3, -0.25) is 4.90 Å². The second kappa shape index (κ2) is 7.55. The molecule has 0 bridgehead atoms. The number of nitrogens with zero attached hydrogens (tertiary/aromatic N) is 8. The third-order valence-electron chi connectivity index (χ3n) is 4.99. The van der Waals surface area contributed by atoms with Gasteiger partial charge in [-0.15, -0.1) is 10.2 Å². The maximum Gasteiger partial charge on any atom is 0.227 e. The van der Waals surface area contributed by atoms with Gasteiger partial charge in [0.1, 0.15) is 18.0 Å². The molecule has 0 spiro atoms. The lowest BCUT2D eigenvalue weighted by Crippen LogP contribution is -2.46. The molecule has 0 unspecified atom stereocenters. The van der Waals surface area contributed by atoms with Crippen molar-refractivity contribution >= 4 is 11.8 Å². The predicted molar refractivity (Wildman–Crippen MR) is 98.3 cm³/mol. The summed E-state index contributed by atoms with van der Waals surface area (Å²) in [6.45, 7) is 9.97. The monoisotopic (exact) mass is 358 g/mol. The summed E-state index contributed by atoms with van der Waals surface area (Å²) in [6.07, 6.45) is 1.75. The Morgan fingerprint density at radius 1 is 1.00 bits per heavy atom. The fourth-order valence-electron chi connectivity index (χ4n) is 3.39. The highest BCUT2D eigenvalue weighted by molar-refractivity contribution is 5.46. The van der Waals surface area contributed by atoms with E-state index < -0.39 is 0 Å². The number of piperazine rings is 1. The SMILES string of the molecule is Cc1cc(N2CCN(Cc3nncn3C)CC2)nc(N2CCOCC2)n1. The van der Waals surface area contributed by atoms with Crippen LogP contribution < -0.4 is 9.80 Å². The largest absolute Gasteiger partial charge is 0.378 e. The second-order valence-electron chi connectivity index (χ2n) is 6.89. The Morgan fingerprint density at radius 2 is 1.77 bits per heavy atom. The molecule has 0 saturated carbocycles. The van der Waals surface area contributed by atoms with Crippen molar-refractivity contribution in [2.75, 3.05) is 62.3 Å². The van der Waals surface area contributed by atoms with Crippen molar-refractivity contribution in [3.8, 4) is 0 Å². The number of rotatable bonds is 4. The van der Waals surface area contributed by atoms with E-state index in [2.05, 4.69) is 35.9 Å². The third kappa shape index (κ3) is 3.78. The molecule has 0 aromatic carbocycles. The smallest absolute Gasteiger partial charge is 0.227 e. The second-order valence-corrected chi connectivity index (χ2v) is 6.89. The first-order chi connectivity index (χ1) is 12.7. The number of morpholine rings is 1. The molecule has 2 aromatic rings. The molecule has 2 aliphatic heterocycles. The number of hydrogen-bond donors (Lipinski definition) is 0. The molecule has 2 fully saturated rings. The first-order valence-electron chi connectivity index (χ1n) is 9.17. The van der Waals surface area contributed by atoms with Crippen molar-refractivity contribution in [2.24, 2.45) is 7.05 Å². The molecule has 4 heterocycles. The minimum atomic E-state index is 0.743. The van der Waals surface area contributed by atoms with E-state index in [0.29, 0.717) is 0 Å². The van der Waals surface area contributed by atoms with Crippen LogP contribution in [-0.2, 0) is 18.3 Å². The van der Waals surface area contributed by atoms with Gasteiger partial charge >= 0.3 is 0 Å². The zero-order valence-corrected chi connectivity index (χ0v) is 15.5. The Labute approximate surface area is 153 Å². The van der Waals surface area contributed by atoms with Crippen molar-refractivity contribution < 1.29 is 4.74 Å². The van der Waals surface area contributed by atoms with Gasteiger partial charge in [0.05, 0.1) is 19.8 Å². The molecule has 0 radical (unpaired) electrons. The number of hydrogen-bond acceptors (Lipinski definition) is 8. The molecular formula is C17H26N8O. The fraction of sp³-hybridized carbons (Fsp3) is 0.647. The van der Waals surface area contributed by atoms with Gasteiger partial charge in [0.15, 0.2) is 0 Å². The van der Waals surface area contributed by atoms with Crippen LogP contribution in [0.1, 0.15) is 11.5 Å². The molecule has 0 aliphatic carbocycles. The van der Waals surface area contributed by atoms with Gasteiger partial charge in [-0.2, -0.15) is 4.98 Å². The van der Waals surface area contributed by atoms with Crippen molar-refractivity contribution in [1.82, 2.24) is 29.6 Å². The average molecular weight is 358 g/mol. The van der Waals surface area contributed by atoms with E-state index in [9.17, 15) is 0 Å². The quantitative estimate of drug-likeness (QED) is 0.760. The van der Waals surface area contributed by atoms with Gasteiger partial charge in [0.25, 0.3) is 0 Å². The predicted octanol–water partition coefficient (Wildman–Crippen LogP) is 0.0723. The standard InChI is InChI=1S/C17H26N8O/c1-14-11-15(20-17(19-14)25-7-9-26-10-8-25)24-5-3-23(4-6-24)12-16-21-18-13-22(16)2/h11,13H,3-10,12H2,1-2H3. The number of ether oxygens (including phenoxy) is 1. The average Bonchev–Trinajstić information content (AvgIpc) is 3.07. The molecule has 26 heavy (non-hydrogen) atoms. The van der Waals surface area contributed by atoms with Crippen molar-refractivity contribution in [3.63, 3.8) is 0 Å². The van der Waals surface area contributed by atoms with E-state index >= 15 is 0 Å². The topological polar surface area (TPSA) is 75.4 Å². The van der Waals surface area contributed by atoms with Gasteiger partial charge < -0.3 is 19.1 Å². The van der Waals surface area contributed by atoms with Crippen LogP contribution in [0, 0.1) is 6.92 Å². The van der Waals surface area contributed by atoms with Crippen LogP contribution in [0.15, 0.2) is 12.4 Å². The molecular weight excluding hydrogens is 332 g/mol. The van der Waals surface area contributed by atoms with E-state index in [0.717, 1.165) is 82.3 Å². The first-order valence-corrected chi connectivity index (χ1v) is 9.17. The minimum Gasteiger partial charge on any atom is -0.378 e. The van der Waals surface area contributed by atoms with Crippen LogP contribution in [0.4, 0.5) is 11.8 Å². The fourth-order valence-corrected chi connectivity index (χ4v) is 3.39. The summed E-state index contributed by atoms with van der Waals surface area (Å²) in [5.41, 5.74) is 1.01. The highest BCUT2D eigenvalue weighted by Gasteiger charge is 2.22. The van der Waals surface area contributed by atoms with Crippen LogP contribution in [0.3, 0.4) is 0 Å².